The second-order valence-corrected chi connectivity index (χ2v) is 22.0. The molecule has 0 aliphatic rings. The van der Waals surface area contributed by atoms with Crippen LogP contribution >= 0.6 is 7.82 Å². The van der Waals surface area contributed by atoms with Crippen LogP contribution in [0.15, 0.2) is 0 Å². The second kappa shape index (κ2) is 53.8. The maximum Gasteiger partial charge on any atom is 0.472 e. The molecule has 416 valence electrons. The van der Waals surface area contributed by atoms with E-state index in [-0.39, 0.29) is 25.9 Å². The topological polar surface area (TPSA) is 155 Å². The summed E-state index contributed by atoms with van der Waals surface area (Å²) in [6.45, 7) is 4.72. The Kier molecular flexibility index (Phi) is 52.6. The normalized spacial score (nSPS) is 13.3. The highest BCUT2D eigenvalue weighted by atomic mass is 31.2. The van der Waals surface area contributed by atoms with Gasteiger partial charge in [0.05, 0.1) is 19.8 Å². The number of phosphoric ester groups is 1. The van der Waals surface area contributed by atoms with Gasteiger partial charge in [0.1, 0.15) is 12.7 Å². The third kappa shape index (κ3) is 51.4. The molecule has 0 saturated heterocycles. The number of hydrogen-bond donors (Lipinski definition) is 2. The van der Waals surface area contributed by atoms with Crippen molar-refractivity contribution in [3.63, 3.8) is 0 Å². The summed E-state index contributed by atoms with van der Waals surface area (Å²) in [6.07, 6.45) is 50.6. The summed E-state index contributed by atoms with van der Waals surface area (Å²) < 4.78 is 39.5. The number of phosphoric acid groups is 1. The molecule has 0 radical (unpaired) electrons. The number of rotatable bonds is 57. The number of aliphatic hydroxyl groups excluding tert-OH is 1. The van der Waals surface area contributed by atoms with Crippen LogP contribution in [0.5, 0.6) is 0 Å². The van der Waals surface area contributed by atoms with E-state index in [1.807, 2.05) is 0 Å². The van der Waals surface area contributed by atoms with Crippen LogP contribution in [-0.4, -0.2) is 66.5 Å². The number of hydrogen-bond acceptors (Lipinski definition) is 10. The Bertz CT molecular complexity index is 1190. The highest BCUT2D eigenvalue weighted by Gasteiger charge is 2.28. The van der Waals surface area contributed by atoms with E-state index in [2.05, 4.69) is 20.8 Å². The van der Waals surface area contributed by atoms with Crippen molar-refractivity contribution >= 4 is 25.7 Å². The first-order valence-electron chi connectivity index (χ1n) is 29.9. The van der Waals surface area contributed by atoms with Crippen molar-refractivity contribution in [3.05, 3.63) is 0 Å². The van der Waals surface area contributed by atoms with Crippen molar-refractivity contribution in [3.8, 4) is 0 Å². The molecule has 0 bridgehead atoms. The largest absolute Gasteiger partial charge is 0.472 e. The molecular weight excluding hydrogens is 904 g/mol. The van der Waals surface area contributed by atoms with E-state index in [1.165, 1.54) is 199 Å². The number of ether oxygens (including phenoxy) is 3. The van der Waals surface area contributed by atoms with Crippen LogP contribution < -0.4 is 0 Å². The fourth-order valence-electron chi connectivity index (χ4n) is 8.95. The Balaban J connectivity index is 4.60. The molecule has 0 aliphatic carbocycles. The zero-order chi connectivity index (χ0) is 51.3. The van der Waals surface area contributed by atoms with Crippen LogP contribution in [0, 0.1) is 0 Å². The number of aliphatic hydroxyl groups is 1. The minimum Gasteiger partial charge on any atom is -0.462 e. The van der Waals surface area contributed by atoms with Crippen LogP contribution in [0.2, 0.25) is 0 Å². The number of carbonyl (C=O) groups excluding carboxylic acids is 3. The zero-order valence-corrected chi connectivity index (χ0v) is 46.9. The predicted molar refractivity (Wildman–Crippen MR) is 289 cm³/mol. The highest BCUT2D eigenvalue weighted by Crippen LogP contribution is 2.43. The van der Waals surface area contributed by atoms with Gasteiger partial charge in [-0.05, 0) is 19.3 Å². The summed E-state index contributed by atoms with van der Waals surface area (Å²) >= 11 is 0. The monoisotopic (exact) mass is 1020 g/mol. The van der Waals surface area contributed by atoms with Gasteiger partial charge in [0, 0.05) is 19.3 Å². The lowest BCUT2D eigenvalue weighted by molar-refractivity contribution is -0.161. The van der Waals surface area contributed by atoms with Crippen LogP contribution in [0.1, 0.15) is 316 Å². The molecule has 0 spiro atoms. The molecule has 0 aromatic carbocycles. The Hall–Kier alpha value is -1.52. The van der Waals surface area contributed by atoms with Gasteiger partial charge in [-0.3, -0.25) is 23.4 Å². The van der Waals surface area contributed by atoms with Gasteiger partial charge in [-0.2, -0.15) is 0 Å². The molecule has 0 fully saturated rings. The third-order valence-electron chi connectivity index (χ3n) is 13.5. The molecule has 2 N–H and O–H groups in total. The molecule has 0 amide bonds. The molecule has 0 heterocycles. The summed E-state index contributed by atoms with van der Waals surface area (Å²) in [5.74, 6) is -1.43. The van der Waals surface area contributed by atoms with E-state index < -0.39 is 57.8 Å². The van der Waals surface area contributed by atoms with Gasteiger partial charge in [-0.1, -0.05) is 278 Å². The fraction of sp³-hybridized carbons (Fsp3) is 0.948. The van der Waals surface area contributed by atoms with Gasteiger partial charge < -0.3 is 24.2 Å². The molecular formula is C58H113O11P. The Morgan fingerprint density at radius 3 is 0.843 bits per heavy atom. The first-order chi connectivity index (χ1) is 34.2. The number of carbonyl (C=O) groups is 3. The first-order valence-corrected chi connectivity index (χ1v) is 31.4. The summed E-state index contributed by atoms with van der Waals surface area (Å²) in [7, 11) is -4.73. The summed E-state index contributed by atoms with van der Waals surface area (Å²) in [5.41, 5.74) is 0. The van der Waals surface area contributed by atoms with Gasteiger partial charge >= 0.3 is 25.7 Å². The van der Waals surface area contributed by atoms with E-state index in [1.54, 1.807) is 0 Å². The van der Waals surface area contributed by atoms with Crippen molar-refractivity contribution in [2.45, 2.75) is 328 Å². The molecule has 0 rings (SSSR count). The van der Waals surface area contributed by atoms with Gasteiger partial charge in [0.2, 0.25) is 0 Å². The maximum absolute atomic E-state index is 12.9. The quantitative estimate of drug-likeness (QED) is 0.0259. The lowest BCUT2D eigenvalue weighted by Gasteiger charge is -2.21. The third-order valence-corrected chi connectivity index (χ3v) is 14.5. The smallest absolute Gasteiger partial charge is 0.462 e. The van der Waals surface area contributed by atoms with Crippen LogP contribution in [-0.2, 0) is 42.2 Å². The molecule has 12 heteroatoms. The van der Waals surface area contributed by atoms with Crippen molar-refractivity contribution in [1.29, 1.82) is 0 Å². The maximum atomic E-state index is 12.9. The Morgan fingerprint density at radius 1 is 0.343 bits per heavy atom. The summed E-state index contributed by atoms with van der Waals surface area (Å²) in [6, 6.07) is 0. The van der Waals surface area contributed by atoms with Gasteiger partial charge in [0.15, 0.2) is 6.10 Å². The summed E-state index contributed by atoms with van der Waals surface area (Å²) in [5, 5.41) is 9.81. The van der Waals surface area contributed by atoms with E-state index in [0.29, 0.717) is 19.3 Å². The molecule has 0 aromatic rings. The molecule has 0 aromatic heterocycles. The molecule has 3 atom stereocenters. The zero-order valence-electron chi connectivity index (χ0n) is 46.0. The van der Waals surface area contributed by atoms with E-state index in [4.69, 9.17) is 23.3 Å². The lowest BCUT2D eigenvalue weighted by Crippen LogP contribution is -2.30. The van der Waals surface area contributed by atoms with Crippen LogP contribution in [0.25, 0.3) is 0 Å². The molecule has 3 unspecified atom stereocenters. The predicted octanol–water partition coefficient (Wildman–Crippen LogP) is 17.5. The lowest BCUT2D eigenvalue weighted by atomic mass is 10.0. The Labute approximate surface area is 431 Å². The number of unbranched alkanes of at least 4 members (excludes halogenated alkanes) is 40. The van der Waals surface area contributed by atoms with Crippen LogP contribution in [0.3, 0.4) is 0 Å². The minimum absolute atomic E-state index is 0.179. The van der Waals surface area contributed by atoms with Gasteiger partial charge in [-0.15, -0.1) is 0 Å². The van der Waals surface area contributed by atoms with Gasteiger partial charge in [-0.25, -0.2) is 4.57 Å². The standard InChI is InChI=1S/C58H113O11P/c1-4-7-10-13-16-19-22-24-26-27-29-31-34-37-40-43-46-49-58(62)69-55(51-65-56(60)47-44-41-38-35-32-21-18-15-12-9-6-3)53-67-70(63,64)66-52-54(50-59)68-57(61)48-45-42-39-36-33-30-28-25-23-20-17-14-11-8-5-2/h54-55,59H,4-53H2,1-3H3,(H,63,64). The van der Waals surface area contributed by atoms with E-state index in [0.717, 1.165) is 57.8 Å². The number of esters is 3. The summed E-state index contributed by atoms with van der Waals surface area (Å²) in [4.78, 5) is 48.5. The van der Waals surface area contributed by atoms with Gasteiger partial charge in [0.25, 0.3) is 0 Å². The highest BCUT2D eigenvalue weighted by molar-refractivity contribution is 7.47. The molecule has 0 aliphatic heterocycles. The van der Waals surface area contributed by atoms with Crippen molar-refractivity contribution < 1.29 is 52.2 Å². The molecule has 0 saturated carbocycles. The minimum atomic E-state index is -4.73. The second-order valence-electron chi connectivity index (χ2n) is 20.5. The van der Waals surface area contributed by atoms with E-state index >= 15 is 0 Å². The van der Waals surface area contributed by atoms with E-state index in [9.17, 15) is 28.9 Å². The van der Waals surface area contributed by atoms with Crippen molar-refractivity contribution in [1.82, 2.24) is 0 Å². The van der Waals surface area contributed by atoms with Crippen LogP contribution in [0.4, 0.5) is 0 Å². The average molecular weight is 1020 g/mol. The molecule has 11 nitrogen and oxygen atoms in total. The van der Waals surface area contributed by atoms with Crippen molar-refractivity contribution in [2.24, 2.45) is 0 Å². The Morgan fingerprint density at radius 2 is 0.571 bits per heavy atom. The fourth-order valence-corrected chi connectivity index (χ4v) is 9.73. The molecule has 70 heavy (non-hydrogen) atoms. The first kappa shape index (κ1) is 68.5. The van der Waals surface area contributed by atoms with Crippen molar-refractivity contribution in [2.75, 3.05) is 26.4 Å². The average Bonchev–Trinajstić information content (AvgIpc) is 3.35. The SMILES string of the molecule is CCCCCCCCCCCCCCCCCCCC(=O)OC(COC(=O)CCCCCCCCCCCCC)COP(=O)(O)OCC(CO)OC(=O)CCCCCCCCCCCCCCCCC.